The molecule has 0 saturated heterocycles. The normalized spacial score (nSPS) is 12.3. The van der Waals surface area contributed by atoms with E-state index in [0.717, 1.165) is 17.7 Å². The second-order valence-corrected chi connectivity index (χ2v) is 5.67. The Bertz CT molecular complexity index is 461. The van der Waals surface area contributed by atoms with Gasteiger partial charge in [-0.05, 0) is 44.5 Å². The molecule has 0 amide bonds. The minimum Gasteiger partial charge on any atom is -0.489 e. The minimum atomic E-state index is -4.36. The molecule has 1 N–H and O–H groups in total. The van der Waals surface area contributed by atoms with Crippen LogP contribution < -0.4 is 10.1 Å². The molecule has 20 heavy (non-hydrogen) atoms. The van der Waals surface area contributed by atoms with Crippen molar-refractivity contribution in [2.45, 2.75) is 32.5 Å². The number of hydrogen-bond donors (Lipinski definition) is 1. The number of rotatable bonds is 5. The van der Waals surface area contributed by atoms with Crippen molar-refractivity contribution in [1.82, 2.24) is 5.32 Å². The zero-order chi connectivity index (χ0) is 15.4. The Balaban J connectivity index is 2.52. The van der Waals surface area contributed by atoms with Crippen molar-refractivity contribution >= 4 is 0 Å². The molecule has 0 saturated carbocycles. The minimum absolute atomic E-state index is 0.0425. The average molecular weight is 287 g/mol. The Hall–Kier alpha value is -1.49. The van der Waals surface area contributed by atoms with Crippen LogP contribution in [0.5, 0.6) is 5.75 Å². The maximum absolute atomic E-state index is 12.5. The second kappa shape index (κ2) is 6.31. The maximum Gasteiger partial charge on any atom is 0.416 e. The van der Waals surface area contributed by atoms with Gasteiger partial charge in [-0.15, -0.1) is 0 Å². The fraction of sp³-hybridized carbons (Fsp3) is 0.467. The third-order valence-corrected chi connectivity index (χ3v) is 2.47. The van der Waals surface area contributed by atoms with E-state index in [4.69, 9.17) is 4.74 Å². The van der Waals surface area contributed by atoms with Crippen LogP contribution >= 0.6 is 0 Å². The molecular formula is C15H20F3NO. The summed E-state index contributed by atoms with van der Waals surface area (Å²) < 4.78 is 42.9. The van der Waals surface area contributed by atoms with E-state index in [2.05, 4.69) is 11.9 Å². The molecule has 1 aromatic carbocycles. The van der Waals surface area contributed by atoms with Crippen molar-refractivity contribution in [2.75, 3.05) is 13.2 Å². The highest BCUT2D eigenvalue weighted by Crippen LogP contribution is 2.31. The molecular weight excluding hydrogens is 267 g/mol. The van der Waals surface area contributed by atoms with Crippen LogP contribution in [0.4, 0.5) is 13.2 Å². The first-order chi connectivity index (χ1) is 9.08. The summed E-state index contributed by atoms with van der Waals surface area (Å²) in [5, 5.41) is 3.23. The Kier molecular flexibility index (Phi) is 5.22. The van der Waals surface area contributed by atoms with Gasteiger partial charge in [-0.2, -0.15) is 13.2 Å². The molecule has 0 heterocycles. The van der Waals surface area contributed by atoms with Gasteiger partial charge in [0.15, 0.2) is 0 Å². The van der Waals surface area contributed by atoms with Gasteiger partial charge in [0.1, 0.15) is 12.4 Å². The number of benzene rings is 1. The molecule has 5 heteroatoms. The van der Waals surface area contributed by atoms with Gasteiger partial charge < -0.3 is 10.1 Å². The van der Waals surface area contributed by atoms with Crippen LogP contribution in [-0.4, -0.2) is 18.7 Å². The molecule has 2 nitrogen and oxygen atoms in total. The van der Waals surface area contributed by atoms with Gasteiger partial charge >= 0.3 is 6.18 Å². The number of alkyl halides is 3. The summed E-state index contributed by atoms with van der Waals surface area (Å²) in [7, 11) is 0. The quantitative estimate of drug-likeness (QED) is 0.826. The lowest BCUT2D eigenvalue weighted by molar-refractivity contribution is -0.137. The lowest BCUT2D eigenvalue weighted by atomic mass is 10.1. The molecule has 0 fully saturated rings. The molecule has 0 aromatic heterocycles. The molecule has 0 radical (unpaired) electrons. The number of halogens is 3. The molecule has 112 valence electrons. The Labute approximate surface area is 117 Å². The van der Waals surface area contributed by atoms with E-state index in [0.29, 0.717) is 6.54 Å². The van der Waals surface area contributed by atoms with Gasteiger partial charge in [-0.3, -0.25) is 0 Å². The smallest absolute Gasteiger partial charge is 0.416 e. The monoisotopic (exact) mass is 287 g/mol. The zero-order valence-electron chi connectivity index (χ0n) is 12.0. The standard InChI is InChI=1S/C15H20F3NO/c1-11(9-19-14(2,3)4)10-20-13-7-5-6-12(8-13)15(16,17)18/h5-8,19H,1,9-10H2,2-4H3. The largest absolute Gasteiger partial charge is 0.489 e. The third kappa shape index (κ3) is 6.10. The van der Waals surface area contributed by atoms with Gasteiger partial charge in [-0.1, -0.05) is 12.6 Å². The zero-order valence-corrected chi connectivity index (χ0v) is 12.0. The van der Waals surface area contributed by atoms with Crippen molar-refractivity contribution in [2.24, 2.45) is 0 Å². The molecule has 1 rings (SSSR count). The van der Waals surface area contributed by atoms with Gasteiger partial charge in [0.2, 0.25) is 0 Å². The van der Waals surface area contributed by atoms with E-state index in [1.165, 1.54) is 12.1 Å². The van der Waals surface area contributed by atoms with Crippen LogP contribution in [0.3, 0.4) is 0 Å². The first kappa shape index (κ1) is 16.6. The molecule has 1 aromatic rings. The topological polar surface area (TPSA) is 21.3 Å². The SMILES string of the molecule is C=C(CNC(C)(C)C)COc1cccc(C(F)(F)F)c1. The van der Waals surface area contributed by atoms with Crippen molar-refractivity contribution in [3.63, 3.8) is 0 Å². The van der Waals surface area contributed by atoms with E-state index < -0.39 is 11.7 Å². The Morgan fingerprint density at radius 1 is 1.25 bits per heavy atom. The predicted molar refractivity (Wildman–Crippen MR) is 73.8 cm³/mol. The molecule has 0 unspecified atom stereocenters. The van der Waals surface area contributed by atoms with Crippen LogP contribution in [0.2, 0.25) is 0 Å². The first-order valence-corrected chi connectivity index (χ1v) is 6.30. The Morgan fingerprint density at radius 2 is 1.90 bits per heavy atom. The summed E-state index contributed by atoms with van der Waals surface area (Å²) in [5.41, 5.74) is 0.0184. The summed E-state index contributed by atoms with van der Waals surface area (Å²) >= 11 is 0. The van der Waals surface area contributed by atoms with Crippen molar-refractivity contribution < 1.29 is 17.9 Å². The highest BCUT2D eigenvalue weighted by atomic mass is 19.4. The fourth-order valence-electron chi connectivity index (χ4n) is 1.39. The summed E-state index contributed by atoms with van der Waals surface area (Å²) in [6, 6.07) is 4.83. The molecule has 0 spiro atoms. The van der Waals surface area contributed by atoms with Gasteiger partial charge in [0.05, 0.1) is 5.56 Å². The summed E-state index contributed by atoms with van der Waals surface area (Å²) in [4.78, 5) is 0. The first-order valence-electron chi connectivity index (χ1n) is 6.30. The molecule has 0 aliphatic heterocycles. The van der Waals surface area contributed by atoms with E-state index in [1.807, 2.05) is 20.8 Å². The van der Waals surface area contributed by atoms with Crippen LogP contribution in [-0.2, 0) is 6.18 Å². The average Bonchev–Trinajstić information content (AvgIpc) is 2.32. The second-order valence-electron chi connectivity index (χ2n) is 5.67. The van der Waals surface area contributed by atoms with Crippen molar-refractivity contribution in [3.8, 4) is 5.75 Å². The van der Waals surface area contributed by atoms with Gasteiger partial charge in [0, 0.05) is 12.1 Å². The van der Waals surface area contributed by atoms with Crippen molar-refractivity contribution in [3.05, 3.63) is 42.0 Å². The number of nitrogens with one attached hydrogen (secondary N) is 1. The summed E-state index contributed by atoms with van der Waals surface area (Å²) in [6.07, 6.45) is -4.36. The third-order valence-electron chi connectivity index (χ3n) is 2.47. The van der Waals surface area contributed by atoms with Crippen LogP contribution in [0.25, 0.3) is 0 Å². The van der Waals surface area contributed by atoms with Crippen molar-refractivity contribution in [1.29, 1.82) is 0 Å². The fourth-order valence-corrected chi connectivity index (χ4v) is 1.39. The predicted octanol–water partition coefficient (Wildman–Crippen LogP) is 4.03. The van der Waals surface area contributed by atoms with E-state index >= 15 is 0 Å². The maximum atomic E-state index is 12.5. The number of ether oxygens (including phenoxy) is 1. The Morgan fingerprint density at radius 3 is 2.45 bits per heavy atom. The number of hydrogen-bond acceptors (Lipinski definition) is 2. The van der Waals surface area contributed by atoms with E-state index in [9.17, 15) is 13.2 Å². The van der Waals surface area contributed by atoms with Gasteiger partial charge in [0.25, 0.3) is 0 Å². The van der Waals surface area contributed by atoms with Crippen LogP contribution in [0, 0.1) is 0 Å². The summed E-state index contributed by atoms with van der Waals surface area (Å²) in [5.74, 6) is 0.191. The van der Waals surface area contributed by atoms with Crippen LogP contribution in [0.1, 0.15) is 26.3 Å². The highest BCUT2D eigenvalue weighted by Gasteiger charge is 2.30. The highest BCUT2D eigenvalue weighted by molar-refractivity contribution is 5.30. The van der Waals surface area contributed by atoms with Crippen LogP contribution in [0.15, 0.2) is 36.4 Å². The van der Waals surface area contributed by atoms with E-state index in [-0.39, 0.29) is 17.9 Å². The lowest BCUT2D eigenvalue weighted by Crippen LogP contribution is -2.37. The molecule has 0 bridgehead atoms. The molecule has 0 aliphatic rings. The molecule has 0 aliphatic carbocycles. The lowest BCUT2D eigenvalue weighted by Gasteiger charge is -2.21. The summed E-state index contributed by atoms with van der Waals surface area (Å²) in [6.45, 7) is 10.6. The van der Waals surface area contributed by atoms with Gasteiger partial charge in [-0.25, -0.2) is 0 Å². The molecule has 0 atom stereocenters. The van der Waals surface area contributed by atoms with E-state index in [1.54, 1.807) is 0 Å².